The molecule has 0 radical (unpaired) electrons. The van der Waals surface area contributed by atoms with Gasteiger partial charge in [-0.2, -0.15) is 0 Å². The third kappa shape index (κ3) is 6.12. The van der Waals surface area contributed by atoms with Gasteiger partial charge in [0.1, 0.15) is 0 Å². The highest BCUT2D eigenvalue weighted by Gasteiger charge is 2.47. The lowest BCUT2D eigenvalue weighted by Crippen LogP contribution is -2.29. The standard InChI is InChI=1S/C45H35O8S/c1-50-41(46)28-9-17-32(18-10-28)45(33-19-11-29(12-20-33)42(47)51-2)39-8-6-5-7-37(39)38-27-36(25-26-40(38)45)54(34-21-13-30(14-22-34)43(48)52-3)35-23-15-31(16-24-35)44(49)53-4/h5-27H,1-4H3/q+1. The van der Waals surface area contributed by atoms with Crippen molar-refractivity contribution in [3.8, 4) is 11.1 Å². The topological polar surface area (TPSA) is 105 Å². The molecular weight excluding hydrogens is 701 g/mol. The number of carbonyl (C=O) groups excluding carboxylic acids is 4. The maximum atomic E-state index is 12.5. The van der Waals surface area contributed by atoms with Crippen molar-refractivity contribution in [2.75, 3.05) is 28.4 Å². The minimum atomic E-state index is -0.823. The van der Waals surface area contributed by atoms with Crippen LogP contribution in [0.2, 0.25) is 0 Å². The number of fused-ring (bicyclic) bond motifs is 3. The molecule has 54 heavy (non-hydrogen) atoms. The molecule has 8 nitrogen and oxygen atoms in total. The van der Waals surface area contributed by atoms with Crippen LogP contribution in [0.5, 0.6) is 0 Å². The van der Waals surface area contributed by atoms with Gasteiger partial charge in [0.25, 0.3) is 0 Å². The number of carbonyl (C=O) groups is 4. The van der Waals surface area contributed by atoms with E-state index in [2.05, 4.69) is 30.3 Å². The van der Waals surface area contributed by atoms with Gasteiger partial charge in [0.15, 0.2) is 14.7 Å². The molecule has 0 N–H and O–H groups in total. The molecule has 0 fully saturated rings. The minimum absolute atomic E-state index is 0.423. The first kappa shape index (κ1) is 35.9. The summed E-state index contributed by atoms with van der Waals surface area (Å²) in [5.41, 5.74) is 6.89. The quantitative estimate of drug-likeness (QED) is 0.0829. The first-order valence-electron chi connectivity index (χ1n) is 17.0. The average molecular weight is 736 g/mol. The van der Waals surface area contributed by atoms with Crippen LogP contribution in [0.15, 0.2) is 154 Å². The number of hydrogen-bond donors (Lipinski definition) is 0. The molecule has 0 atom stereocenters. The Hall–Kier alpha value is -6.45. The van der Waals surface area contributed by atoms with E-state index in [9.17, 15) is 19.2 Å². The lowest BCUT2D eigenvalue weighted by molar-refractivity contribution is 0.0591. The van der Waals surface area contributed by atoms with Crippen molar-refractivity contribution >= 4 is 34.8 Å². The minimum Gasteiger partial charge on any atom is -0.465 e. The zero-order valence-corrected chi connectivity index (χ0v) is 30.8. The lowest BCUT2D eigenvalue weighted by atomic mass is 9.67. The third-order valence-electron chi connectivity index (χ3n) is 9.75. The largest absolute Gasteiger partial charge is 0.465 e. The highest BCUT2D eigenvalue weighted by atomic mass is 32.2. The Labute approximate surface area is 315 Å². The van der Waals surface area contributed by atoms with Crippen molar-refractivity contribution in [2.24, 2.45) is 0 Å². The van der Waals surface area contributed by atoms with Crippen LogP contribution < -0.4 is 0 Å². The summed E-state index contributed by atoms with van der Waals surface area (Å²) in [4.78, 5) is 52.6. The van der Waals surface area contributed by atoms with E-state index < -0.39 is 40.2 Å². The number of hydrogen-bond acceptors (Lipinski definition) is 8. The van der Waals surface area contributed by atoms with Crippen molar-refractivity contribution in [1.29, 1.82) is 0 Å². The zero-order valence-electron chi connectivity index (χ0n) is 30.0. The van der Waals surface area contributed by atoms with E-state index in [0.717, 1.165) is 48.1 Å². The molecule has 0 spiro atoms. The summed E-state index contributed by atoms with van der Waals surface area (Å²) in [5, 5.41) is 0. The summed E-state index contributed by atoms with van der Waals surface area (Å²) in [6, 6.07) is 44.4. The van der Waals surface area contributed by atoms with Crippen LogP contribution >= 0.6 is 0 Å². The Balaban J connectivity index is 1.46. The van der Waals surface area contributed by atoms with Crippen molar-refractivity contribution < 1.29 is 38.1 Å². The first-order chi connectivity index (χ1) is 26.2. The maximum Gasteiger partial charge on any atom is 0.337 e. The van der Waals surface area contributed by atoms with Crippen molar-refractivity contribution in [2.45, 2.75) is 20.1 Å². The number of methoxy groups -OCH3 is 4. The van der Waals surface area contributed by atoms with E-state index in [1.54, 1.807) is 48.5 Å². The molecule has 0 saturated heterocycles. The van der Waals surface area contributed by atoms with Gasteiger partial charge in [-0.15, -0.1) is 0 Å². The van der Waals surface area contributed by atoms with E-state index in [1.165, 1.54) is 28.4 Å². The highest BCUT2D eigenvalue weighted by Crippen LogP contribution is 2.56. The number of ether oxygens (including phenoxy) is 4. The molecule has 268 valence electrons. The van der Waals surface area contributed by atoms with Crippen LogP contribution in [0, 0.1) is 0 Å². The summed E-state index contributed by atoms with van der Waals surface area (Å²) >= 11 is 0. The first-order valence-corrected chi connectivity index (χ1v) is 18.2. The van der Waals surface area contributed by atoms with E-state index in [0.29, 0.717) is 22.3 Å². The Morgan fingerprint density at radius 3 is 1.17 bits per heavy atom. The van der Waals surface area contributed by atoms with Crippen molar-refractivity contribution in [3.63, 3.8) is 0 Å². The van der Waals surface area contributed by atoms with Crippen molar-refractivity contribution in [3.05, 3.63) is 184 Å². The fraction of sp³-hybridized carbons (Fsp3) is 0.111. The zero-order chi connectivity index (χ0) is 38.0. The molecule has 0 amide bonds. The third-order valence-corrected chi connectivity index (χ3v) is 12.0. The predicted molar refractivity (Wildman–Crippen MR) is 204 cm³/mol. The number of esters is 4. The van der Waals surface area contributed by atoms with Crippen LogP contribution in [0.25, 0.3) is 11.1 Å². The van der Waals surface area contributed by atoms with Crippen molar-refractivity contribution in [1.82, 2.24) is 0 Å². The molecular formula is C45H35O8S+. The second-order valence-electron chi connectivity index (χ2n) is 12.5. The van der Waals surface area contributed by atoms with Crippen LogP contribution in [0.3, 0.4) is 0 Å². The maximum absolute atomic E-state index is 12.5. The van der Waals surface area contributed by atoms with Crippen LogP contribution in [-0.2, 0) is 35.3 Å². The van der Waals surface area contributed by atoms with Gasteiger partial charge in [0, 0.05) is 6.07 Å². The lowest BCUT2D eigenvalue weighted by Gasteiger charge is -2.34. The molecule has 0 aliphatic heterocycles. The smallest absolute Gasteiger partial charge is 0.337 e. The molecule has 1 aliphatic rings. The molecule has 0 unspecified atom stereocenters. The fourth-order valence-electron chi connectivity index (χ4n) is 7.23. The number of rotatable bonds is 9. The van der Waals surface area contributed by atoms with Gasteiger partial charge in [-0.25, -0.2) is 19.2 Å². The molecule has 6 aromatic carbocycles. The second-order valence-corrected chi connectivity index (χ2v) is 14.5. The van der Waals surface area contributed by atoms with E-state index in [-0.39, 0.29) is 0 Å². The molecule has 7 rings (SSSR count). The summed E-state index contributed by atoms with van der Waals surface area (Å²) in [7, 11) is 4.75. The Bertz CT molecular complexity index is 2260. The summed E-state index contributed by atoms with van der Waals surface area (Å²) in [6.45, 7) is 0. The molecule has 1 aliphatic carbocycles. The molecule has 6 aromatic rings. The van der Waals surface area contributed by atoms with E-state index in [4.69, 9.17) is 18.9 Å². The Morgan fingerprint density at radius 2 is 0.759 bits per heavy atom. The highest BCUT2D eigenvalue weighted by molar-refractivity contribution is 7.97. The van der Waals surface area contributed by atoms with Gasteiger partial charge in [-0.05, 0) is 112 Å². The van der Waals surface area contributed by atoms with Gasteiger partial charge in [-0.3, -0.25) is 0 Å². The summed E-state index contributed by atoms with van der Waals surface area (Å²) < 4.78 is 19.9. The Morgan fingerprint density at radius 1 is 0.407 bits per heavy atom. The van der Waals surface area contributed by atoms with Gasteiger partial charge in [-0.1, -0.05) is 54.6 Å². The van der Waals surface area contributed by atoms with Gasteiger partial charge in [0.05, 0.1) is 67.0 Å². The van der Waals surface area contributed by atoms with Gasteiger partial charge in [0.2, 0.25) is 0 Å². The van der Waals surface area contributed by atoms with E-state index >= 15 is 0 Å². The van der Waals surface area contributed by atoms with E-state index in [1.807, 2.05) is 60.7 Å². The van der Waals surface area contributed by atoms with Gasteiger partial charge < -0.3 is 18.9 Å². The molecule has 9 heteroatoms. The summed E-state index contributed by atoms with van der Waals surface area (Å²) in [5.74, 6) is -1.70. The molecule has 0 heterocycles. The molecule has 0 aromatic heterocycles. The SMILES string of the molecule is COC(=O)c1ccc([S+](c2ccc(C(=O)OC)cc2)c2ccc3c(c2)-c2ccccc2C3(c2ccc(C(=O)OC)cc2)c2ccc(C(=O)OC)cc2)cc1. The average Bonchev–Trinajstić information content (AvgIpc) is 3.53. The second kappa shape index (κ2) is 14.9. The predicted octanol–water partition coefficient (Wildman–Crippen LogP) is 8.29. The monoisotopic (exact) mass is 735 g/mol. The summed E-state index contributed by atoms with van der Waals surface area (Å²) in [6.07, 6.45) is 0. The molecule has 0 bridgehead atoms. The Kier molecular flexibility index (Phi) is 9.90. The fourth-order valence-corrected chi connectivity index (χ4v) is 9.30. The normalized spacial score (nSPS) is 12.3. The van der Waals surface area contributed by atoms with Crippen LogP contribution in [0.1, 0.15) is 63.7 Å². The molecule has 0 saturated carbocycles. The van der Waals surface area contributed by atoms with Crippen LogP contribution in [-0.4, -0.2) is 52.3 Å². The van der Waals surface area contributed by atoms with Crippen LogP contribution in [0.4, 0.5) is 0 Å². The van der Waals surface area contributed by atoms with Gasteiger partial charge >= 0.3 is 23.9 Å². The number of benzene rings is 6.